The summed E-state index contributed by atoms with van der Waals surface area (Å²) in [6.45, 7) is 0. The molecule has 2 aromatic heterocycles. The number of halogens is 4. The molecule has 1 atom stereocenters. The SMILES string of the molecule is Brc1ccc(C(Br)c2cc(Br)sc2Br)o1. The van der Waals surface area contributed by atoms with Gasteiger partial charge in [-0.05, 0) is 71.6 Å². The van der Waals surface area contributed by atoms with Crippen LogP contribution in [0, 0.1) is 0 Å². The van der Waals surface area contributed by atoms with Crippen LogP contribution in [0.2, 0.25) is 0 Å². The highest BCUT2D eigenvalue weighted by atomic mass is 79.9. The van der Waals surface area contributed by atoms with Crippen molar-refractivity contribution in [3.8, 4) is 0 Å². The Bertz CT molecular complexity index is 476. The van der Waals surface area contributed by atoms with Crippen molar-refractivity contribution in [3.05, 3.63) is 41.8 Å². The summed E-state index contributed by atoms with van der Waals surface area (Å²) in [4.78, 5) is 0.0701. The molecule has 80 valence electrons. The smallest absolute Gasteiger partial charge is 0.169 e. The Morgan fingerprint density at radius 2 is 1.93 bits per heavy atom. The molecule has 2 rings (SSSR count). The van der Waals surface area contributed by atoms with E-state index in [4.69, 9.17) is 4.42 Å². The summed E-state index contributed by atoms with van der Waals surface area (Å²) in [5, 5.41) is 0. The van der Waals surface area contributed by atoms with E-state index in [2.05, 4.69) is 69.8 Å². The quantitative estimate of drug-likeness (QED) is 0.474. The van der Waals surface area contributed by atoms with Crippen molar-refractivity contribution < 1.29 is 4.42 Å². The van der Waals surface area contributed by atoms with Gasteiger partial charge in [0.25, 0.3) is 0 Å². The molecule has 1 nitrogen and oxygen atoms in total. The molecule has 0 aliphatic heterocycles. The zero-order chi connectivity index (χ0) is 11.0. The van der Waals surface area contributed by atoms with Gasteiger partial charge in [-0.3, -0.25) is 0 Å². The Kier molecular flexibility index (Phi) is 4.15. The monoisotopic (exact) mass is 476 g/mol. The van der Waals surface area contributed by atoms with Gasteiger partial charge in [0, 0.05) is 0 Å². The minimum atomic E-state index is 0.0701. The van der Waals surface area contributed by atoms with Gasteiger partial charge in [0.1, 0.15) is 5.76 Å². The normalized spacial score (nSPS) is 13.1. The van der Waals surface area contributed by atoms with Crippen molar-refractivity contribution in [2.24, 2.45) is 0 Å². The van der Waals surface area contributed by atoms with Crippen LogP contribution in [0.25, 0.3) is 0 Å². The topological polar surface area (TPSA) is 13.1 Å². The van der Waals surface area contributed by atoms with Gasteiger partial charge in [0.2, 0.25) is 0 Å². The van der Waals surface area contributed by atoms with E-state index in [0.717, 1.165) is 23.6 Å². The van der Waals surface area contributed by atoms with E-state index < -0.39 is 0 Å². The molecule has 0 aliphatic carbocycles. The molecule has 0 N–H and O–H groups in total. The van der Waals surface area contributed by atoms with Gasteiger partial charge in [-0.15, -0.1) is 11.3 Å². The maximum Gasteiger partial charge on any atom is 0.169 e. The molecule has 2 heterocycles. The fourth-order valence-electron chi connectivity index (χ4n) is 1.14. The fraction of sp³-hybridized carbons (Fsp3) is 0.111. The molecule has 2 aromatic rings. The van der Waals surface area contributed by atoms with Crippen LogP contribution in [-0.4, -0.2) is 0 Å². The van der Waals surface area contributed by atoms with Gasteiger partial charge in [-0.2, -0.15) is 0 Å². The lowest BCUT2D eigenvalue weighted by atomic mass is 10.2. The largest absolute Gasteiger partial charge is 0.453 e. The first-order valence-electron chi connectivity index (χ1n) is 3.92. The molecule has 0 saturated heterocycles. The van der Waals surface area contributed by atoms with Crippen LogP contribution >= 0.6 is 75.1 Å². The van der Waals surface area contributed by atoms with Crippen molar-refractivity contribution in [3.63, 3.8) is 0 Å². The summed E-state index contributed by atoms with van der Waals surface area (Å²) >= 11 is 15.5. The average Bonchev–Trinajstić information content (AvgIpc) is 2.71. The second-order valence-electron chi connectivity index (χ2n) is 2.78. The van der Waals surface area contributed by atoms with Gasteiger partial charge < -0.3 is 4.42 Å². The lowest BCUT2D eigenvalue weighted by molar-refractivity contribution is 0.497. The van der Waals surface area contributed by atoms with Crippen LogP contribution in [-0.2, 0) is 0 Å². The highest BCUT2D eigenvalue weighted by Crippen LogP contribution is 2.42. The van der Waals surface area contributed by atoms with Crippen LogP contribution in [0.5, 0.6) is 0 Å². The fourth-order valence-corrected chi connectivity index (χ4v) is 5.43. The van der Waals surface area contributed by atoms with E-state index in [1.807, 2.05) is 12.1 Å². The van der Waals surface area contributed by atoms with Crippen LogP contribution in [0.4, 0.5) is 0 Å². The Balaban J connectivity index is 2.35. The molecule has 0 saturated carbocycles. The van der Waals surface area contributed by atoms with Gasteiger partial charge in [0.15, 0.2) is 4.67 Å². The maximum absolute atomic E-state index is 5.50. The molecule has 0 amide bonds. The third kappa shape index (κ3) is 2.77. The van der Waals surface area contributed by atoms with E-state index in [9.17, 15) is 0 Å². The zero-order valence-corrected chi connectivity index (χ0v) is 14.3. The molecule has 0 fully saturated rings. The summed E-state index contributed by atoms with van der Waals surface area (Å²) in [5.41, 5.74) is 1.16. The third-order valence-electron chi connectivity index (χ3n) is 1.80. The first kappa shape index (κ1) is 12.4. The summed E-state index contributed by atoms with van der Waals surface area (Å²) in [6.07, 6.45) is 0. The Morgan fingerprint density at radius 1 is 1.20 bits per heavy atom. The van der Waals surface area contributed by atoms with Crippen molar-refractivity contribution in [2.45, 2.75) is 4.83 Å². The minimum absolute atomic E-state index is 0.0701. The molecule has 6 heteroatoms. The average molecular weight is 480 g/mol. The Hall–Kier alpha value is 0.900. The number of rotatable bonds is 2. The highest BCUT2D eigenvalue weighted by molar-refractivity contribution is 9.12. The molecule has 15 heavy (non-hydrogen) atoms. The maximum atomic E-state index is 5.50. The number of alkyl halides is 1. The lowest BCUT2D eigenvalue weighted by Gasteiger charge is -2.04. The molecule has 0 bridgehead atoms. The standard InChI is InChI=1S/C9H4Br4OS/c10-6-2-1-5(14-6)8(12)4-3-7(11)15-9(4)13/h1-3,8H. The predicted molar refractivity (Wildman–Crippen MR) is 76.9 cm³/mol. The van der Waals surface area contributed by atoms with E-state index in [1.54, 1.807) is 11.3 Å². The van der Waals surface area contributed by atoms with Crippen molar-refractivity contribution in [1.82, 2.24) is 0 Å². The first-order valence-corrected chi connectivity index (χ1v) is 8.03. The number of thiophene rings is 1. The highest BCUT2D eigenvalue weighted by Gasteiger charge is 2.19. The number of hydrogen-bond acceptors (Lipinski definition) is 2. The molecule has 0 aromatic carbocycles. The van der Waals surface area contributed by atoms with Gasteiger partial charge in [0.05, 0.1) is 12.4 Å². The van der Waals surface area contributed by atoms with Crippen molar-refractivity contribution in [1.29, 1.82) is 0 Å². The molecule has 0 radical (unpaired) electrons. The Labute approximate surface area is 125 Å². The second-order valence-corrected chi connectivity index (χ2v) is 8.23. The zero-order valence-electron chi connectivity index (χ0n) is 7.14. The number of furan rings is 1. The van der Waals surface area contributed by atoms with Gasteiger partial charge in [-0.25, -0.2) is 0 Å². The van der Waals surface area contributed by atoms with Gasteiger partial charge >= 0.3 is 0 Å². The number of hydrogen-bond donors (Lipinski definition) is 0. The van der Waals surface area contributed by atoms with Crippen LogP contribution in [0.15, 0.2) is 34.9 Å². The van der Waals surface area contributed by atoms with E-state index >= 15 is 0 Å². The third-order valence-corrected chi connectivity index (χ3v) is 5.56. The van der Waals surface area contributed by atoms with Crippen molar-refractivity contribution >= 4 is 75.1 Å². The van der Waals surface area contributed by atoms with Crippen LogP contribution < -0.4 is 0 Å². The molecule has 0 spiro atoms. The lowest BCUT2D eigenvalue weighted by Crippen LogP contribution is -1.88. The predicted octanol–water partition coefficient (Wildman–Crippen LogP) is 6.11. The molecule has 1 unspecified atom stereocenters. The van der Waals surface area contributed by atoms with E-state index in [-0.39, 0.29) is 4.83 Å². The van der Waals surface area contributed by atoms with E-state index in [1.165, 1.54) is 0 Å². The van der Waals surface area contributed by atoms with Crippen LogP contribution in [0.3, 0.4) is 0 Å². The van der Waals surface area contributed by atoms with Gasteiger partial charge in [-0.1, -0.05) is 15.9 Å². The summed E-state index contributed by atoms with van der Waals surface area (Å²) in [5.74, 6) is 0.882. The molecular weight excluding hydrogens is 476 g/mol. The first-order chi connectivity index (χ1) is 7.08. The second kappa shape index (κ2) is 5.04. The summed E-state index contributed by atoms with van der Waals surface area (Å²) in [7, 11) is 0. The summed E-state index contributed by atoms with van der Waals surface area (Å²) in [6, 6.07) is 5.91. The minimum Gasteiger partial charge on any atom is -0.453 e. The Morgan fingerprint density at radius 3 is 2.40 bits per heavy atom. The molecular formula is C9H4Br4OS. The van der Waals surface area contributed by atoms with Crippen molar-refractivity contribution in [2.75, 3.05) is 0 Å². The summed E-state index contributed by atoms with van der Waals surface area (Å²) < 4.78 is 8.44. The molecule has 0 aliphatic rings. The van der Waals surface area contributed by atoms with E-state index in [0.29, 0.717) is 0 Å². The van der Waals surface area contributed by atoms with Crippen LogP contribution in [0.1, 0.15) is 16.2 Å².